The predicted octanol–water partition coefficient (Wildman–Crippen LogP) is 3.46. The lowest BCUT2D eigenvalue weighted by molar-refractivity contribution is 0.0520. The summed E-state index contributed by atoms with van der Waals surface area (Å²) in [6, 6.07) is 10.9. The molecule has 1 amide bonds. The maximum Gasteiger partial charge on any atom is 0.354 e. The number of ether oxygens (including phenoxy) is 1. The van der Waals surface area contributed by atoms with Gasteiger partial charge >= 0.3 is 5.97 Å². The first-order chi connectivity index (χ1) is 11.9. The van der Waals surface area contributed by atoms with E-state index in [-0.39, 0.29) is 5.56 Å². The van der Waals surface area contributed by atoms with Gasteiger partial charge in [0.25, 0.3) is 5.91 Å². The first kappa shape index (κ1) is 17.0. The van der Waals surface area contributed by atoms with Crippen molar-refractivity contribution >= 4 is 44.4 Å². The number of aromatic nitrogens is 1. The zero-order chi connectivity index (χ0) is 18.1. The van der Waals surface area contributed by atoms with Crippen LogP contribution in [0.25, 0.3) is 22.0 Å². The molecule has 0 saturated heterocycles. The number of halogens is 1. The summed E-state index contributed by atoms with van der Waals surface area (Å²) in [6.45, 7) is 2.07. The van der Waals surface area contributed by atoms with Crippen molar-refractivity contribution in [3.63, 3.8) is 0 Å². The lowest BCUT2D eigenvalue weighted by Gasteiger charge is -2.11. The lowest BCUT2D eigenvalue weighted by Crippen LogP contribution is -2.15. The molecule has 0 aliphatic carbocycles. The minimum absolute atomic E-state index is 0.249. The Balaban J connectivity index is 2.10. The molecule has 5 N–H and O–H groups in total. The number of carbonyl (C=O) groups excluding carboxylic acids is 2. The number of hydrogen-bond donors (Lipinski definition) is 3. The van der Waals surface area contributed by atoms with Gasteiger partial charge in [0.05, 0.1) is 17.9 Å². The third-order valence-corrected chi connectivity index (χ3v) is 4.53. The van der Waals surface area contributed by atoms with Gasteiger partial charge in [-0.2, -0.15) is 0 Å². The molecule has 25 heavy (non-hydrogen) atoms. The summed E-state index contributed by atoms with van der Waals surface area (Å²) in [5.41, 5.74) is 14.8. The molecule has 0 bridgehead atoms. The molecule has 3 rings (SSSR count). The SMILES string of the molecule is CCOC(=O)c1cc2cc(-c3ccc(Br)c(C(N)=O)c3N)ccc2[nH]1. The molecule has 6 nitrogen and oxygen atoms in total. The first-order valence-electron chi connectivity index (χ1n) is 7.60. The molecule has 0 unspecified atom stereocenters. The average Bonchev–Trinajstić information content (AvgIpc) is 2.98. The molecule has 7 heteroatoms. The molecule has 1 heterocycles. The standard InChI is InChI=1S/C18H16BrN3O3/c1-2-25-18(24)14-8-10-7-9(3-6-13(10)22-14)11-4-5-12(19)15(16(11)20)17(21)23/h3-8,22H,2,20H2,1H3,(H2,21,23). The van der Waals surface area contributed by atoms with E-state index in [9.17, 15) is 9.59 Å². The van der Waals surface area contributed by atoms with Crippen LogP contribution < -0.4 is 11.5 Å². The van der Waals surface area contributed by atoms with Crippen LogP contribution in [0.3, 0.4) is 0 Å². The van der Waals surface area contributed by atoms with Crippen LogP contribution in [0.4, 0.5) is 5.69 Å². The molecule has 2 aromatic carbocycles. The maximum absolute atomic E-state index is 11.9. The number of aromatic amines is 1. The second-order valence-electron chi connectivity index (χ2n) is 5.45. The molecule has 0 aliphatic rings. The smallest absolute Gasteiger partial charge is 0.354 e. The normalized spacial score (nSPS) is 10.8. The van der Waals surface area contributed by atoms with E-state index >= 15 is 0 Å². The molecule has 0 saturated carbocycles. The van der Waals surface area contributed by atoms with E-state index in [2.05, 4.69) is 20.9 Å². The lowest BCUT2D eigenvalue weighted by atomic mass is 9.99. The van der Waals surface area contributed by atoms with Gasteiger partial charge in [-0.15, -0.1) is 0 Å². The third kappa shape index (κ3) is 3.10. The van der Waals surface area contributed by atoms with Gasteiger partial charge in [-0.25, -0.2) is 4.79 Å². The van der Waals surface area contributed by atoms with Crippen molar-refractivity contribution in [2.24, 2.45) is 5.73 Å². The van der Waals surface area contributed by atoms with Gasteiger partial charge < -0.3 is 21.2 Å². The number of carbonyl (C=O) groups is 2. The highest BCUT2D eigenvalue weighted by Crippen LogP contribution is 2.34. The van der Waals surface area contributed by atoms with Gasteiger partial charge in [-0.05, 0) is 52.7 Å². The number of fused-ring (bicyclic) bond motifs is 1. The fourth-order valence-electron chi connectivity index (χ4n) is 2.71. The van der Waals surface area contributed by atoms with E-state index in [1.54, 1.807) is 19.1 Å². The first-order valence-corrected chi connectivity index (χ1v) is 8.39. The highest BCUT2D eigenvalue weighted by molar-refractivity contribution is 9.10. The number of nitrogens with one attached hydrogen (secondary N) is 1. The van der Waals surface area contributed by atoms with Gasteiger partial charge in [-0.3, -0.25) is 4.79 Å². The highest BCUT2D eigenvalue weighted by Gasteiger charge is 2.16. The van der Waals surface area contributed by atoms with E-state index in [1.165, 1.54) is 0 Å². The van der Waals surface area contributed by atoms with E-state index in [0.29, 0.717) is 28.0 Å². The Bertz CT molecular complexity index is 995. The number of primary amides is 1. The summed E-state index contributed by atoms with van der Waals surface area (Å²) in [7, 11) is 0. The van der Waals surface area contributed by atoms with E-state index < -0.39 is 11.9 Å². The molecule has 0 atom stereocenters. The highest BCUT2D eigenvalue weighted by atomic mass is 79.9. The molecule has 0 fully saturated rings. The molecule has 1 aromatic heterocycles. The molecule has 0 aliphatic heterocycles. The summed E-state index contributed by atoms with van der Waals surface area (Å²) in [5.74, 6) is -1.00. The van der Waals surface area contributed by atoms with Crippen molar-refractivity contribution in [1.82, 2.24) is 4.98 Å². The summed E-state index contributed by atoms with van der Waals surface area (Å²) in [4.78, 5) is 26.5. The number of esters is 1. The summed E-state index contributed by atoms with van der Waals surface area (Å²) >= 11 is 3.29. The molecule has 3 aromatic rings. The number of hydrogen-bond acceptors (Lipinski definition) is 4. The fraction of sp³-hybridized carbons (Fsp3) is 0.111. The monoisotopic (exact) mass is 401 g/mol. The van der Waals surface area contributed by atoms with Crippen molar-refractivity contribution in [1.29, 1.82) is 0 Å². The van der Waals surface area contributed by atoms with Gasteiger partial charge in [0.2, 0.25) is 0 Å². The van der Waals surface area contributed by atoms with Crippen molar-refractivity contribution in [3.8, 4) is 11.1 Å². The molecular weight excluding hydrogens is 386 g/mol. The van der Waals surface area contributed by atoms with Crippen LogP contribution in [-0.2, 0) is 4.74 Å². The Labute approximate surface area is 152 Å². The van der Waals surface area contributed by atoms with Crippen molar-refractivity contribution in [2.75, 3.05) is 12.3 Å². The van der Waals surface area contributed by atoms with Gasteiger partial charge in [0, 0.05) is 20.9 Å². The number of nitrogens with two attached hydrogens (primary N) is 2. The maximum atomic E-state index is 11.9. The second kappa shape index (κ2) is 6.60. The van der Waals surface area contributed by atoms with Gasteiger partial charge in [-0.1, -0.05) is 12.1 Å². The summed E-state index contributed by atoms with van der Waals surface area (Å²) < 4.78 is 5.55. The number of H-pyrrole nitrogens is 1. The topological polar surface area (TPSA) is 111 Å². The Morgan fingerprint density at radius 1 is 1.20 bits per heavy atom. The summed E-state index contributed by atoms with van der Waals surface area (Å²) in [5, 5.41) is 0.837. The Kier molecular flexibility index (Phi) is 4.50. The minimum atomic E-state index is -0.599. The molecular formula is C18H16BrN3O3. The van der Waals surface area contributed by atoms with Gasteiger partial charge in [0.1, 0.15) is 5.69 Å². The van der Waals surface area contributed by atoms with Crippen LogP contribution in [-0.4, -0.2) is 23.5 Å². The van der Waals surface area contributed by atoms with E-state index in [4.69, 9.17) is 16.2 Å². The van der Waals surface area contributed by atoms with E-state index in [1.807, 2.05) is 24.3 Å². The number of nitrogen functional groups attached to an aromatic ring is 1. The Hall–Kier alpha value is -2.80. The second-order valence-corrected chi connectivity index (χ2v) is 6.31. The van der Waals surface area contributed by atoms with E-state index in [0.717, 1.165) is 16.5 Å². The molecule has 0 radical (unpaired) electrons. The zero-order valence-electron chi connectivity index (χ0n) is 13.4. The van der Waals surface area contributed by atoms with Crippen LogP contribution in [0.1, 0.15) is 27.8 Å². The largest absolute Gasteiger partial charge is 0.461 e. The molecule has 0 spiro atoms. The van der Waals surface area contributed by atoms with Crippen LogP contribution in [0.2, 0.25) is 0 Å². The van der Waals surface area contributed by atoms with Crippen molar-refractivity contribution in [3.05, 3.63) is 52.1 Å². The fourth-order valence-corrected chi connectivity index (χ4v) is 3.26. The predicted molar refractivity (Wildman–Crippen MR) is 100 cm³/mol. The van der Waals surface area contributed by atoms with Crippen LogP contribution in [0.15, 0.2) is 40.9 Å². The van der Waals surface area contributed by atoms with Crippen molar-refractivity contribution in [2.45, 2.75) is 6.92 Å². The quantitative estimate of drug-likeness (QED) is 0.458. The zero-order valence-corrected chi connectivity index (χ0v) is 15.0. The Morgan fingerprint density at radius 3 is 2.64 bits per heavy atom. The van der Waals surface area contributed by atoms with Crippen LogP contribution >= 0.6 is 15.9 Å². The molecule has 128 valence electrons. The summed E-state index contributed by atoms with van der Waals surface area (Å²) in [6.07, 6.45) is 0. The van der Waals surface area contributed by atoms with Crippen LogP contribution in [0, 0.1) is 0 Å². The van der Waals surface area contributed by atoms with Crippen LogP contribution in [0.5, 0.6) is 0 Å². The number of amides is 1. The Morgan fingerprint density at radius 2 is 1.96 bits per heavy atom. The number of benzene rings is 2. The average molecular weight is 402 g/mol. The number of anilines is 1. The number of rotatable bonds is 4. The third-order valence-electron chi connectivity index (χ3n) is 3.87. The minimum Gasteiger partial charge on any atom is -0.461 e. The van der Waals surface area contributed by atoms with Gasteiger partial charge in [0.15, 0.2) is 0 Å². The van der Waals surface area contributed by atoms with Crippen molar-refractivity contribution < 1.29 is 14.3 Å².